The lowest BCUT2D eigenvalue weighted by molar-refractivity contribution is 0.0784. The van der Waals surface area contributed by atoms with E-state index in [0.717, 1.165) is 21.2 Å². The molecule has 0 atom stereocenters. The summed E-state index contributed by atoms with van der Waals surface area (Å²) in [6.07, 6.45) is 0.713. The van der Waals surface area contributed by atoms with Gasteiger partial charge in [0.05, 0.1) is 0 Å². The number of amides is 1. The van der Waals surface area contributed by atoms with E-state index in [1.54, 1.807) is 4.90 Å². The minimum atomic E-state index is 0.0230. The predicted molar refractivity (Wildman–Crippen MR) is 89.1 cm³/mol. The zero-order valence-electron chi connectivity index (χ0n) is 12.1. The highest BCUT2D eigenvalue weighted by Gasteiger charge is 2.16. The largest absolute Gasteiger partial charge is 0.337 e. The van der Waals surface area contributed by atoms with Gasteiger partial charge in [-0.15, -0.1) is 0 Å². The Bertz CT molecular complexity index is 628. The molecule has 0 aliphatic heterocycles. The molecule has 3 nitrogen and oxygen atoms in total. The van der Waals surface area contributed by atoms with Gasteiger partial charge in [0.2, 0.25) is 0 Å². The average molecular weight is 347 g/mol. The zero-order valence-corrected chi connectivity index (χ0v) is 13.6. The molecule has 110 valence electrons. The first-order chi connectivity index (χ1) is 10.1. The topological polar surface area (TPSA) is 46.3 Å². The van der Waals surface area contributed by atoms with Crippen LogP contribution in [0.25, 0.3) is 0 Å². The second kappa shape index (κ2) is 7.38. The van der Waals surface area contributed by atoms with Crippen LogP contribution in [0.3, 0.4) is 0 Å². The van der Waals surface area contributed by atoms with Crippen molar-refractivity contribution in [3.63, 3.8) is 0 Å². The Hall–Kier alpha value is -1.65. The number of nitrogens with zero attached hydrogens (tertiary/aromatic N) is 1. The molecule has 1 amide bonds. The Morgan fingerprint density at radius 1 is 1.10 bits per heavy atom. The summed E-state index contributed by atoms with van der Waals surface area (Å²) in [4.78, 5) is 14.4. The molecule has 2 rings (SSSR count). The monoisotopic (exact) mass is 346 g/mol. The maximum atomic E-state index is 12.6. The minimum Gasteiger partial charge on any atom is -0.337 e. The Labute approximate surface area is 133 Å². The molecule has 4 heteroatoms. The quantitative estimate of drug-likeness (QED) is 0.903. The molecule has 0 aromatic heterocycles. The average Bonchev–Trinajstić information content (AvgIpc) is 2.50. The van der Waals surface area contributed by atoms with Gasteiger partial charge in [-0.2, -0.15) is 0 Å². The maximum Gasteiger partial charge on any atom is 0.254 e. The molecular formula is C17H19BrN2O. The summed E-state index contributed by atoms with van der Waals surface area (Å²) in [6.45, 7) is 1.11. The highest BCUT2D eigenvalue weighted by molar-refractivity contribution is 9.10. The molecule has 0 fully saturated rings. The van der Waals surface area contributed by atoms with Crippen LogP contribution in [0, 0.1) is 0 Å². The maximum absolute atomic E-state index is 12.6. The third kappa shape index (κ3) is 3.93. The minimum absolute atomic E-state index is 0.0230. The first-order valence-electron chi connectivity index (χ1n) is 6.90. The molecule has 21 heavy (non-hydrogen) atoms. The molecule has 2 aromatic carbocycles. The molecule has 0 unspecified atom stereocenters. The van der Waals surface area contributed by atoms with Crippen LogP contribution in [0.2, 0.25) is 0 Å². The van der Waals surface area contributed by atoms with Gasteiger partial charge < -0.3 is 10.6 Å². The Balaban J connectivity index is 2.18. The van der Waals surface area contributed by atoms with Gasteiger partial charge in [-0.05, 0) is 36.2 Å². The predicted octanol–water partition coefficient (Wildman–Crippen LogP) is 3.22. The fourth-order valence-electron chi connectivity index (χ4n) is 2.26. The van der Waals surface area contributed by atoms with Gasteiger partial charge in [0.15, 0.2) is 0 Å². The number of hydrogen-bond donors (Lipinski definition) is 1. The van der Waals surface area contributed by atoms with E-state index in [4.69, 9.17) is 5.73 Å². The zero-order chi connectivity index (χ0) is 15.2. The van der Waals surface area contributed by atoms with E-state index < -0.39 is 0 Å². The standard InChI is InChI=1S/C17H19BrN2O/c1-20(12-14-7-3-5-9-16(14)18)17(21)15-8-4-2-6-13(15)10-11-19/h2-9H,10-12,19H2,1H3. The first kappa shape index (κ1) is 15.7. The number of nitrogens with two attached hydrogens (primary N) is 1. The van der Waals surface area contributed by atoms with Crippen molar-refractivity contribution in [2.45, 2.75) is 13.0 Å². The normalized spacial score (nSPS) is 10.4. The molecule has 0 saturated carbocycles. The number of halogens is 1. The van der Waals surface area contributed by atoms with Gasteiger partial charge in [0, 0.05) is 23.6 Å². The number of hydrogen-bond acceptors (Lipinski definition) is 2. The van der Waals surface area contributed by atoms with Crippen molar-refractivity contribution in [2.24, 2.45) is 5.73 Å². The van der Waals surface area contributed by atoms with Crippen LogP contribution in [0.4, 0.5) is 0 Å². The summed E-state index contributed by atoms with van der Waals surface area (Å²) < 4.78 is 1.01. The Kier molecular flexibility index (Phi) is 5.53. The van der Waals surface area contributed by atoms with Crippen LogP contribution in [0.5, 0.6) is 0 Å². The summed E-state index contributed by atoms with van der Waals surface area (Å²) in [6, 6.07) is 15.6. The van der Waals surface area contributed by atoms with Gasteiger partial charge in [-0.25, -0.2) is 0 Å². The lowest BCUT2D eigenvalue weighted by atomic mass is 10.0. The smallest absolute Gasteiger partial charge is 0.254 e. The molecule has 0 saturated heterocycles. The third-order valence-electron chi connectivity index (χ3n) is 3.37. The molecule has 0 aliphatic carbocycles. The van der Waals surface area contributed by atoms with E-state index in [2.05, 4.69) is 15.9 Å². The van der Waals surface area contributed by atoms with Crippen molar-refractivity contribution < 1.29 is 4.79 Å². The van der Waals surface area contributed by atoms with E-state index in [-0.39, 0.29) is 5.91 Å². The lowest BCUT2D eigenvalue weighted by Crippen LogP contribution is -2.27. The molecule has 0 aliphatic rings. The van der Waals surface area contributed by atoms with Crippen molar-refractivity contribution in [3.05, 3.63) is 69.7 Å². The molecule has 0 spiro atoms. The number of benzene rings is 2. The number of carbonyl (C=O) groups is 1. The molecule has 2 aromatic rings. The van der Waals surface area contributed by atoms with Crippen molar-refractivity contribution in [1.82, 2.24) is 4.90 Å². The van der Waals surface area contributed by atoms with Crippen molar-refractivity contribution in [3.8, 4) is 0 Å². The van der Waals surface area contributed by atoms with Crippen LogP contribution < -0.4 is 5.73 Å². The summed E-state index contributed by atoms with van der Waals surface area (Å²) in [5.74, 6) is 0.0230. The van der Waals surface area contributed by atoms with Gasteiger partial charge in [0.25, 0.3) is 5.91 Å². The van der Waals surface area contributed by atoms with Crippen LogP contribution >= 0.6 is 15.9 Å². The molecular weight excluding hydrogens is 328 g/mol. The summed E-state index contributed by atoms with van der Waals surface area (Å²) in [5, 5.41) is 0. The van der Waals surface area contributed by atoms with E-state index in [1.807, 2.05) is 55.6 Å². The van der Waals surface area contributed by atoms with Gasteiger partial charge in [-0.1, -0.05) is 52.3 Å². The Morgan fingerprint density at radius 2 is 1.71 bits per heavy atom. The van der Waals surface area contributed by atoms with E-state index >= 15 is 0 Å². The van der Waals surface area contributed by atoms with Crippen LogP contribution in [-0.4, -0.2) is 24.4 Å². The molecule has 0 heterocycles. The summed E-state index contributed by atoms with van der Waals surface area (Å²) in [7, 11) is 1.82. The second-order valence-corrected chi connectivity index (χ2v) is 5.80. The highest BCUT2D eigenvalue weighted by atomic mass is 79.9. The fourth-order valence-corrected chi connectivity index (χ4v) is 2.67. The molecule has 0 radical (unpaired) electrons. The van der Waals surface area contributed by atoms with E-state index in [0.29, 0.717) is 19.5 Å². The highest BCUT2D eigenvalue weighted by Crippen LogP contribution is 2.19. The number of carbonyl (C=O) groups excluding carboxylic acids is 1. The van der Waals surface area contributed by atoms with Crippen molar-refractivity contribution >= 4 is 21.8 Å². The van der Waals surface area contributed by atoms with Crippen molar-refractivity contribution in [1.29, 1.82) is 0 Å². The van der Waals surface area contributed by atoms with Crippen molar-refractivity contribution in [2.75, 3.05) is 13.6 Å². The third-order valence-corrected chi connectivity index (χ3v) is 4.15. The van der Waals surface area contributed by atoms with Crippen LogP contribution in [0.15, 0.2) is 53.0 Å². The second-order valence-electron chi connectivity index (χ2n) is 4.95. The van der Waals surface area contributed by atoms with Crippen LogP contribution in [-0.2, 0) is 13.0 Å². The first-order valence-corrected chi connectivity index (χ1v) is 7.69. The molecule has 2 N–H and O–H groups in total. The van der Waals surface area contributed by atoms with Gasteiger partial charge in [-0.3, -0.25) is 4.79 Å². The number of rotatable bonds is 5. The Morgan fingerprint density at radius 3 is 2.38 bits per heavy atom. The SMILES string of the molecule is CN(Cc1ccccc1Br)C(=O)c1ccccc1CCN. The van der Waals surface area contributed by atoms with Gasteiger partial charge in [0.1, 0.15) is 0 Å². The van der Waals surface area contributed by atoms with E-state index in [9.17, 15) is 4.79 Å². The van der Waals surface area contributed by atoms with Crippen LogP contribution in [0.1, 0.15) is 21.5 Å². The van der Waals surface area contributed by atoms with E-state index in [1.165, 1.54) is 0 Å². The van der Waals surface area contributed by atoms with Gasteiger partial charge >= 0.3 is 0 Å². The summed E-state index contributed by atoms with van der Waals surface area (Å²) in [5.41, 5.74) is 8.44. The lowest BCUT2D eigenvalue weighted by Gasteiger charge is -2.20. The summed E-state index contributed by atoms with van der Waals surface area (Å²) >= 11 is 3.51. The molecule has 0 bridgehead atoms. The fraction of sp³-hybridized carbons (Fsp3) is 0.235.